The number of benzene rings is 1. The Balaban J connectivity index is 1.59. The number of aryl methyl sites for hydroxylation is 2. The summed E-state index contributed by atoms with van der Waals surface area (Å²) < 4.78 is 0. The number of amides is 3. The van der Waals surface area contributed by atoms with E-state index in [9.17, 15) is 9.59 Å². The molecular formula is C22H33N5O2. The number of piperidine rings is 1. The molecule has 3 N–H and O–H groups in total. The van der Waals surface area contributed by atoms with E-state index in [1.807, 2.05) is 6.92 Å². The highest BCUT2D eigenvalue weighted by Gasteiger charge is 2.48. The van der Waals surface area contributed by atoms with Gasteiger partial charge in [-0.25, -0.2) is 4.79 Å². The number of nitrogens with one attached hydrogen (secondary N) is 3. The van der Waals surface area contributed by atoms with E-state index in [-0.39, 0.29) is 17.9 Å². The van der Waals surface area contributed by atoms with Crippen LogP contribution in [0.15, 0.2) is 23.2 Å². The molecule has 3 rings (SSSR count). The van der Waals surface area contributed by atoms with E-state index in [0.717, 1.165) is 51.4 Å². The highest BCUT2D eigenvalue weighted by Crippen LogP contribution is 2.30. The van der Waals surface area contributed by atoms with Gasteiger partial charge < -0.3 is 15.5 Å². The normalized spacial score (nSPS) is 23.2. The third-order valence-electron chi connectivity index (χ3n) is 6.16. The van der Waals surface area contributed by atoms with Crippen LogP contribution >= 0.6 is 0 Å². The highest BCUT2D eigenvalue weighted by molar-refractivity contribution is 6.07. The van der Waals surface area contributed by atoms with Crippen molar-refractivity contribution >= 4 is 17.9 Å². The lowest BCUT2D eigenvalue weighted by Crippen LogP contribution is -2.55. The number of carbonyl (C=O) groups is 2. The van der Waals surface area contributed by atoms with Crippen LogP contribution in [0.5, 0.6) is 0 Å². The average Bonchev–Trinajstić information content (AvgIpc) is 2.95. The summed E-state index contributed by atoms with van der Waals surface area (Å²) >= 11 is 0. The topological polar surface area (TPSA) is 85.8 Å². The van der Waals surface area contributed by atoms with Crippen molar-refractivity contribution in [3.63, 3.8) is 0 Å². The molecular weight excluding hydrogens is 366 g/mol. The van der Waals surface area contributed by atoms with Crippen molar-refractivity contribution in [2.24, 2.45) is 10.9 Å². The molecule has 7 nitrogen and oxygen atoms in total. The predicted octanol–water partition coefficient (Wildman–Crippen LogP) is 2.12. The van der Waals surface area contributed by atoms with Gasteiger partial charge in [0.25, 0.3) is 5.91 Å². The molecule has 158 valence electrons. The molecule has 0 aromatic heterocycles. The standard InChI is InChI=1S/C22H33N5O2/c1-5-23-20(24-11-8-17-7-6-15(2)14-16(17)3)27-12-9-18(10-13-27)22(4)19(28)25-21(29)26-22/h6-7,14,18H,5,8-13H2,1-4H3,(H,23,24)(H2,25,26,28,29). The van der Waals surface area contributed by atoms with Gasteiger partial charge in [-0.3, -0.25) is 15.1 Å². The van der Waals surface area contributed by atoms with Gasteiger partial charge in [0.1, 0.15) is 5.54 Å². The Morgan fingerprint density at radius 2 is 2.00 bits per heavy atom. The smallest absolute Gasteiger partial charge is 0.322 e. The van der Waals surface area contributed by atoms with Gasteiger partial charge in [0.05, 0.1) is 0 Å². The largest absolute Gasteiger partial charge is 0.357 e. The molecule has 1 unspecified atom stereocenters. The molecule has 0 spiro atoms. The Morgan fingerprint density at radius 1 is 1.28 bits per heavy atom. The predicted molar refractivity (Wildman–Crippen MR) is 115 cm³/mol. The fraction of sp³-hybridized carbons (Fsp3) is 0.591. The number of hydrogen-bond acceptors (Lipinski definition) is 3. The molecule has 0 radical (unpaired) electrons. The minimum Gasteiger partial charge on any atom is -0.357 e. The number of imide groups is 1. The number of hydrogen-bond donors (Lipinski definition) is 3. The Bertz CT molecular complexity index is 798. The molecule has 0 saturated carbocycles. The second kappa shape index (κ2) is 8.84. The first kappa shape index (κ1) is 21.1. The molecule has 0 bridgehead atoms. The van der Waals surface area contributed by atoms with E-state index in [1.54, 1.807) is 0 Å². The number of nitrogens with zero attached hydrogens (tertiary/aromatic N) is 2. The third kappa shape index (κ3) is 4.71. The van der Waals surface area contributed by atoms with Crippen molar-refractivity contribution in [1.29, 1.82) is 0 Å². The number of carbonyl (C=O) groups excluding carboxylic acids is 2. The fourth-order valence-electron chi connectivity index (χ4n) is 4.35. The third-order valence-corrected chi connectivity index (χ3v) is 6.16. The number of likely N-dealkylation sites (tertiary alicyclic amines) is 1. The molecule has 1 aromatic carbocycles. The molecule has 2 fully saturated rings. The summed E-state index contributed by atoms with van der Waals surface area (Å²) in [4.78, 5) is 30.9. The summed E-state index contributed by atoms with van der Waals surface area (Å²) in [6, 6.07) is 6.18. The Labute approximate surface area is 173 Å². The van der Waals surface area contributed by atoms with Gasteiger partial charge in [0.15, 0.2) is 5.96 Å². The Kier molecular flexibility index (Phi) is 6.45. The highest BCUT2D eigenvalue weighted by atomic mass is 16.2. The molecule has 1 aromatic rings. The van der Waals surface area contributed by atoms with Gasteiger partial charge in [-0.05, 0) is 64.0 Å². The second-order valence-corrected chi connectivity index (χ2v) is 8.29. The van der Waals surface area contributed by atoms with Crippen molar-refractivity contribution < 1.29 is 9.59 Å². The van der Waals surface area contributed by atoms with Crippen LogP contribution in [-0.2, 0) is 11.2 Å². The Hall–Kier alpha value is -2.57. The van der Waals surface area contributed by atoms with Crippen LogP contribution in [-0.4, -0.2) is 54.5 Å². The average molecular weight is 400 g/mol. The van der Waals surface area contributed by atoms with Gasteiger partial charge in [0.2, 0.25) is 0 Å². The van der Waals surface area contributed by atoms with Crippen molar-refractivity contribution in [2.75, 3.05) is 26.2 Å². The molecule has 2 saturated heterocycles. The van der Waals surface area contributed by atoms with E-state index in [1.165, 1.54) is 16.7 Å². The van der Waals surface area contributed by atoms with Gasteiger partial charge in [-0.1, -0.05) is 23.8 Å². The van der Waals surface area contributed by atoms with Crippen LogP contribution < -0.4 is 16.0 Å². The summed E-state index contributed by atoms with van der Waals surface area (Å²) in [5.41, 5.74) is 3.13. The van der Waals surface area contributed by atoms with Crippen LogP contribution in [0.25, 0.3) is 0 Å². The maximum absolute atomic E-state index is 12.2. The van der Waals surface area contributed by atoms with Crippen LogP contribution in [0.2, 0.25) is 0 Å². The van der Waals surface area contributed by atoms with E-state index < -0.39 is 5.54 Å². The van der Waals surface area contributed by atoms with Crippen LogP contribution in [0.3, 0.4) is 0 Å². The zero-order chi connectivity index (χ0) is 21.0. The van der Waals surface area contributed by atoms with Crippen molar-refractivity contribution in [1.82, 2.24) is 20.9 Å². The zero-order valence-electron chi connectivity index (χ0n) is 18.0. The van der Waals surface area contributed by atoms with Gasteiger partial charge >= 0.3 is 6.03 Å². The molecule has 3 amide bonds. The van der Waals surface area contributed by atoms with Gasteiger partial charge in [-0.15, -0.1) is 0 Å². The maximum Gasteiger partial charge on any atom is 0.322 e. The van der Waals surface area contributed by atoms with Crippen molar-refractivity contribution in [3.05, 3.63) is 34.9 Å². The summed E-state index contributed by atoms with van der Waals surface area (Å²) in [5.74, 6) is 0.846. The SMILES string of the molecule is CCNC(=NCCc1ccc(C)cc1C)N1CCC(C2(C)NC(=O)NC2=O)CC1. The first-order valence-electron chi connectivity index (χ1n) is 10.6. The fourth-order valence-corrected chi connectivity index (χ4v) is 4.35. The molecule has 7 heteroatoms. The van der Waals surface area contributed by atoms with Gasteiger partial charge in [0, 0.05) is 26.2 Å². The monoisotopic (exact) mass is 399 g/mol. The molecule has 29 heavy (non-hydrogen) atoms. The summed E-state index contributed by atoms with van der Waals surface area (Å²) in [5, 5.41) is 8.59. The number of guanidine groups is 1. The summed E-state index contributed by atoms with van der Waals surface area (Å²) in [7, 11) is 0. The van der Waals surface area contributed by atoms with Crippen LogP contribution in [0.1, 0.15) is 43.4 Å². The quantitative estimate of drug-likeness (QED) is 0.402. The molecule has 0 aliphatic carbocycles. The van der Waals surface area contributed by atoms with E-state index in [4.69, 9.17) is 4.99 Å². The number of rotatable bonds is 5. The van der Waals surface area contributed by atoms with Crippen LogP contribution in [0.4, 0.5) is 4.79 Å². The van der Waals surface area contributed by atoms with E-state index >= 15 is 0 Å². The van der Waals surface area contributed by atoms with Gasteiger partial charge in [-0.2, -0.15) is 0 Å². The summed E-state index contributed by atoms with van der Waals surface area (Å²) in [6.07, 6.45) is 2.60. The van der Waals surface area contributed by atoms with E-state index in [0.29, 0.717) is 0 Å². The lowest BCUT2D eigenvalue weighted by Gasteiger charge is -2.39. The minimum absolute atomic E-state index is 0.128. The number of aliphatic imine (C=N–C) groups is 1. The number of urea groups is 1. The lowest BCUT2D eigenvalue weighted by molar-refractivity contribution is -0.125. The molecule has 1 atom stereocenters. The first-order chi connectivity index (χ1) is 13.8. The molecule has 2 aliphatic heterocycles. The second-order valence-electron chi connectivity index (χ2n) is 8.29. The van der Waals surface area contributed by atoms with Crippen molar-refractivity contribution in [3.8, 4) is 0 Å². The van der Waals surface area contributed by atoms with Crippen molar-refractivity contribution in [2.45, 2.75) is 52.5 Å². The lowest BCUT2D eigenvalue weighted by atomic mass is 9.79. The zero-order valence-corrected chi connectivity index (χ0v) is 18.0. The van der Waals surface area contributed by atoms with Crippen LogP contribution in [0, 0.1) is 19.8 Å². The molecule has 2 heterocycles. The first-order valence-corrected chi connectivity index (χ1v) is 10.6. The minimum atomic E-state index is -0.804. The molecule has 2 aliphatic rings. The van der Waals surface area contributed by atoms with E-state index in [2.05, 4.69) is 59.8 Å². The summed E-state index contributed by atoms with van der Waals surface area (Å²) in [6.45, 7) is 11.4. The Morgan fingerprint density at radius 3 is 2.59 bits per heavy atom. The maximum atomic E-state index is 12.2.